The van der Waals surface area contributed by atoms with Gasteiger partial charge in [-0.2, -0.15) is 0 Å². The van der Waals surface area contributed by atoms with Gasteiger partial charge in [-0.05, 0) is 37.8 Å². The van der Waals surface area contributed by atoms with E-state index in [9.17, 15) is 14.7 Å². The Hall–Kier alpha value is -1.84. The van der Waals surface area contributed by atoms with Crippen molar-refractivity contribution in [1.82, 2.24) is 4.90 Å². The maximum absolute atomic E-state index is 12.7. The molecule has 4 nitrogen and oxygen atoms in total. The SMILES string of the molecule is CCC(CC)N(C)C(=O)c1c(C)ccc(C)c1C(=O)O. The van der Waals surface area contributed by atoms with Crippen molar-refractivity contribution in [3.05, 3.63) is 34.4 Å². The molecule has 1 N–H and O–H groups in total. The third-order valence-electron chi connectivity index (χ3n) is 3.86. The van der Waals surface area contributed by atoms with Crippen LogP contribution in [0.1, 0.15) is 58.5 Å². The first-order valence-electron chi connectivity index (χ1n) is 6.95. The molecule has 0 atom stereocenters. The Kier molecular flexibility index (Phi) is 5.31. The zero-order valence-corrected chi connectivity index (χ0v) is 12.9. The fraction of sp³-hybridized carbons (Fsp3) is 0.500. The lowest BCUT2D eigenvalue weighted by atomic mass is 9.95. The van der Waals surface area contributed by atoms with E-state index in [4.69, 9.17) is 0 Å². The van der Waals surface area contributed by atoms with Gasteiger partial charge in [0.25, 0.3) is 5.91 Å². The van der Waals surface area contributed by atoms with Gasteiger partial charge in [-0.3, -0.25) is 4.79 Å². The van der Waals surface area contributed by atoms with E-state index < -0.39 is 5.97 Å². The first kappa shape index (κ1) is 16.2. The maximum Gasteiger partial charge on any atom is 0.336 e. The topological polar surface area (TPSA) is 57.6 Å². The Morgan fingerprint density at radius 2 is 1.55 bits per heavy atom. The van der Waals surface area contributed by atoms with Gasteiger partial charge in [0.15, 0.2) is 0 Å². The second kappa shape index (κ2) is 6.55. The zero-order chi connectivity index (χ0) is 15.4. The summed E-state index contributed by atoms with van der Waals surface area (Å²) in [5, 5.41) is 9.38. The fourth-order valence-electron chi connectivity index (χ4n) is 2.54. The van der Waals surface area contributed by atoms with E-state index in [2.05, 4.69) is 0 Å². The molecule has 0 aromatic heterocycles. The van der Waals surface area contributed by atoms with E-state index in [1.54, 1.807) is 37.9 Å². The molecule has 20 heavy (non-hydrogen) atoms. The molecule has 0 aliphatic carbocycles. The Bertz CT molecular complexity index is 519. The molecule has 0 aliphatic rings. The monoisotopic (exact) mass is 277 g/mol. The van der Waals surface area contributed by atoms with Crippen LogP contribution < -0.4 is 0 Å². The molecule has 0 bridgehead atoms. The fourth-order valence-corrected chi connectivity index (χ4v) is 2.54. The first-order valence-corrected chi connectivity index (χ1v) is 6.95. The number of aromatic carboxylic acids is 1. The van der Waals surface area contributed by atoms with E-state index in [1.165, 1.54) is 0 Å². The quantitative estimate of drug-likeness (QED) is 0.898. The predicted molar refractivity (Wildman–Crippen MR) is 79.3 cm³/mol. The van der Waals surface area contributed by atoms with Crippen molar-refractivity contribution in [3.8, 4) is 0 Å². The second-order valence-electron chi connectivity index (χ2n) is 5.14. The lowest BCUT2D eigenvalue weighted by Gasteiger charge is -2.27. The third-order valence-corrected chi connectivity index (χ3v) is 3.86. The van der Waals surface area contributed by atoms with Crippen molar-refractivity contribution in [2.75, 3.05) is 7.05 Å². The summed E-state index contributed by atoms with van der Waals surface area (Å²) in [6.45, 7) is 7.55. The van der Waals surface area contributed by atoms with Gasteiger partial charge in [0, 0.05) is 13.1 Å². The smallest absolute Gasteiger partial charge is 0.336 e. The van der Waals surface area contributed by atoms with Crippen LogP contribution in [-0.2, 0) is 0 Å². The van der Waals surface area contributed by atoms with E-state index in [0.717, 1.165) is 12.8 Å². The van der Waals surface area contributed by atoms with Gasteiger partial charge in [0.1, 0.15) is 0 Å². The average Bonchev–Trinajstić information content (AvgIpc) is 2.41. The molecular formula is C16H23NO3. The van der Waals surface area contributed by atoms with E-state index in [0.29, 0.717) is 16.7 Å². The molecular weight excluding hydrogens is 254 g/mol. The molecule has 4 heteroatoms. The summed E-state index contributed by atoms with van der Waals surface area (Å²) in [5.74, 6) is -1.26. The molecule has 0 heterocycles. The summed E-state index contributed by atoms with van der Waals surface area (Å²) >= 11 is 0. The summed E-state index contributed by atoms with van der Waals surface area (Å²) in [6, 6.07) is 3.67. The zero-order valence-electron chi connectivity index (χ0n) is 12.9. The van der Waals surface area contributed by atoms with Crippen molar-refractivity contribution < 1.29 is 14.7 Å². The molecule has 0 radical (unpaired) electrons. The number of benzene rings is 1. The van der Waals surface area contributed by atoms with Gasteiger partial charge in [-0.15, -0.1) is 0 Å². The molecule has 110 valence electrons. The Morgan fingerprint density at radius 1 is 1.10 bits per heavy atom. The van der Waals surface area contributed by atoms with Crippen LogP contribution in [-0.4, -0.2) is 35.0 Å². The summed E-state index contributed by atoms with van der Waals surface area (Å²) in [5.41, 5.74) is 1.75. The number of amides is 1. The normalized spacial score (nSPS) is 10.7. The number of hydrogen-bond donors (Lipinski definition) is 1. The molecule has 1 aromatic carbocycles. The lowest BCUT2D eigenvalue weighted by Crippen LogP contribution is -2.37. The molecule has 1 aromatic rings. The predicted octanol–water partition coefficient (Wildman–Crippen LogP) is 3.26. The van der Waals surface area contributed by atoms with Gasteiger partial charge in [0.2, 0.25) is 0 Å². The first-order chi connectivity index (χ1) is 9.34. The minimum absolute atomic E-state index is 0.118. The van der Waals surface area contributed by atoms with Crippen LogP contribution in [0.3, 0.4) is 0 Å². The number of rotatable bonds is 5. The van der Waals surface area contributed by atoms with Gasteiger partial charge >= 0.3 is 5.97 Å². The molecule has 0 aliphatic heterocycles. The third kappa shape index (κ3) is 3.00. The maximum atomic E-state index is 12.7. The van der Waals surface area contributed by atoms with E-state index >= 15 is 0 Å². The lowest BCUT2D eigenvalue weighted by molar-refractivity contribution is 0.0664. The molecule has 1 rings (SSSR count). The van der Waals surface area contributed by atoms with Crippen molar-refractivity contribution >= 4 is 11.9 Å². The van der Waals surface area contributed by atoms with E-state index in [-0.39, 0.29) is 17.5 Å². The minimum atomic E-state index is -1.05. The van der Waals surface area contributed by atoms with Crippen molar-refractivity contribution in [2.45, 2.75) is 46.6 Å². The van der Waals surface area contributed by atoms with Crippen LogP contribution in [0.25, 0.3) is 0 Å². The highest BCUT2D eigenvalue weighted by atomic mass is 16.4. The second-order valence-corrected chi connectivity index (χ2v) is 5.14. The van der Waals surface area contributed by atoms with Crippen molar-refractivity contribution in [2.24, 2.45) is 0 Å². The van der Waals surface area contributed by atoms with Gasteiger partial charge in [0.05, 0.1) is 11.1 Å². The summed E-state index contributed by atoms with van der Waals surface area (Å²) in [7, 11) is 1.74. The van der Waals surface area contributed by atoms with Gasteiger partial charge in [-0.1, -0.05) is 26.0 Å². The van der Waals surface area contributed by atoms with Crippen molar-refractivity contribution in [1.29, 1.82) is 0 Å². The number of aryl methyl sites for hydroxylation is 2. The van der Waals surface area contributed by atoms with Crippen LogP contribution in [0.4, 0.5) is 0 Å². The Labute approximate surface area is 120 Å². The average molecular weight is 277 g/mol. The minimum Gasteiger partial charge on any atom is -0.478 e. The number of carboxylic acid groups (broad SMARTS) is 1. The Morgan fingerprint density at radius 3 is 1.95 bits per heavy atom. The molecule has 0 saturated heterocycles. The number of carboxylic acids is 1. The van der Waals surface area contributed by atoms with Crippen LogP contribution in [0, 0.1) is 13.8 Å². The van der Waals surface area contributed by atoms with Crippen molar-refractivity contribution in [3.63, 3.8) is 0 Å². The largest absolute Gasteiger partial charge is 0.478 e. The number of carbonyl (C=O) groups is 2. The summed E-state index contributed by atoms with van der Waals surface area (Å²) in [6.07, 6.45) is 1.71. The molecule has 0 spiro atoms. The van der Waals surface area contributed by atoms with Crippen LogP contribution in [0.2, 0.25) is 0 Å². The van der Waals surface area contributed by atoms with Crippen LogP contribution in [0.15, 0.2) is 12.1 Å². The number of hydrogen-bond acceptors (Lipinski definition) is 2. The molecule has 0 saturated carbocycles. The molecule has 0 unspecified atom stereocenters. The van der Waals surface area contributed by atoms with E-state index in [1.807, 2.05) is 13.8 Å². The highest BCUT2D eigenvalue weighted by molar-refractivity contribution is 6.06. The number of carbonyl (C=O) groups excluding carboxylic acids is 1. The van der Waals surface area contributed by atoms with Crippen LogP contribution in [0.5, 0.6) is 0 Å². The van der Waals surface area contributed by atoms with Gasteiger partial charge in [-0.25, -0.2) is 4.79 Å². The highest BCUT2D eigenvalue weighted by Gasteiger charge is 2.26. The van der Waals surface area contributed by atoms with Crippen LogP contribution >= 0.6 is 0 Å². The molecule has 0 fully saturated rings. The summed E-state index contributed by atoms with van der Waals surface area (Å²) < 4.78 is 0. The highest BCUT2D eigenvalue weighted by Crippen LogP contribution is 2.22. The summed E-state index contributed by atoms with van der Waals surface area (Å²) in [4.78, 5) is 25.8. The Balaban J connectivity index is 3.35. The standard InChI is InChI=1S/C16H23NO3/c1-6-12(7-2)17(5)15(18)13-10(3)8-9-11(4)14(13)16(19)20/h8-9,12H,6-7H2,1-5H3,(H,19,20). The van der Waals surface area contributed by atoms with Gasteiger partial charge < -0.3 is 10.0 Å². The number of nitrogens with zero attached hydrogens (tertiary/aromatic N) is 1. The molecule has 1 amide bonds.